The van der Waals surface area contributed by atoms with Gasteiger partial charge in [0.15, 0.2) is 11.4 Å². The number of aromatic nitrogens is 3. The van der Waals surface area contributed by atoms with E-state index in [0.29, 0.717) is 26.4 Å². The highest BCUT2D eigenvalue weighted by atomic mass is 16.6. The van der Waals surface area contributed by atoms with E-state index in [4.69, 9.17) is 24.1 Å². The molecule has 8 heteroatoms. The van der Waals surface area contributed by atoms with Crippen LogP contribution in [0.4, 0.5) is 5.69 Å². The molecule has 1 saturated heterocycles. The van der Waals surface area contributed by atoms with Gasteiger partial charge in [0, 0.05) is 37.0 Å². The van der Waals surface area contributed by atoms with Crippen LogP contribution in [-0.4, -0.2) is 47.7 Å². The second-order valence-electron chi connectivity index (χ2n) is 7.80. The van der Waals surface area contributed by atoms with Gasteiger partial charge >= 0.3 is 0 Å². The summed E-state index contributed by atoms with van der Waals surface area (Å²) in [5.41, 5.74) is 8.69. The quantitative estimate of drug-likeness (QED) is 0.350. The number of hydrogen-bond donors (Lipinski definition) is 1. The highest BCUT2D eigenvalue weighted by Crippen LogP contribution is 2.31. The highest BCUT2D eigenvalue weighted by molar-refractivity contribution is 5.88. The first-order valence-corrected chi connectivity index (χ1v) is 10.9. The van der Waals surface area contributed by atoms with Crippen molar-refractivity contribution in [3.63, 3.8) is 0 Å². The van der Waals surface area contributed by atoms with Crippen molar-refractivity contribution < 1.29 is 14.0 Å². The summed E-state index contributed by atoms with van der Waals surface area (Å²) in [7, 11) is 0. The third-order valence-corrected chi connectivity index (χ3v) is 5.48. The van der Waals surface area contributed by atoms with E-state index < -0.39 is 0 Å². The molecule has 1 aliphatic rings. The van der Waals surface area contributed by atoms with Gasteiger partial charge in [0.05, 0.1) is 37.7 Å². The van der Waals surface area contributed by atoms with Crippen LogP contribution >= 0.6 is 0 Å². The van der Waals surface area contributed by atoms with Crippen LogP contribution in [-0.2, 0) is 16.1 Å². The number of anilines is 1. The zero-order valence-corrected chi connectivity index (χ0v) is 18.4. The Hall–Kier alpha value is -3.20. The Bertz CT molecular complexity index is 1210. The Morgan fingerprint density at radius 3 is 2.81 bits per heavy atom. The van der Waals surface area contributed by atoms with Gasteiger partial charge in [0.25, 0.3) is 0 Å². The minimum atomic E-state index is 0.474. The number of aryl methyl sites for hydroxylation is 1. The maximum Gasteiger partial charge on any atom is 0.176 e. The van der Waals surface area contributed by atoms with Crippen molar-refractivity contribution >= 4 is 16.8 Å². The fourth-order valence-electron chi connectivity index (χ4n) is 3.92. The van der Waals surface area contributed by atoms with Crippen LogP contribution in [0.1, 0.15) is 18.2 Å². The number of nitrogens with one attached hydrogen (secondary N) is 1. The Morgan fingerprint density at radius 2 is 2.00 bits per heavy atom. The maximum absolute atomic E-state index is 6.16. The Balaban J connectivity index is 1.54. The molecule has 0 aliphatic carbocycles. The third-order valence-electron chi connectivity index (χ3n) is 5.48. The highest BCUT2D eigenvalue weighted by Gasteiger charge is 2.20. The van der Waals surface area contributed by atoms with E-state index in [2.05, 4.69) is 35.5 Å². The first-order chi connectivity index (χ1) is 15.7. The molecule has 166 valence electrons. The normalized spacial score (nSPS) is 14.4. The number of nitrogens with zero attached hydrogens (tertiary/aromatic N) is 4. The molecule has 0 spiro atoms. The topological polar surface area (TPSA) is 77.6 Å². The zero-order valence-electron chi connectivity index (χ0n) is 18.4. The number of hydroxylamine groups is 1. The standard InChI is InChI=1S/C24H27N5O3/c1-3-31-25-16-19-14-21-24(32-19)22(28-9-11-30-12-10-28)15-23(26-21)29-8-7-20(27-29)18-6-4-5-17(2)13-18/h4-8,13-15,25H,3,9-12,16H2,1-2H3. The first-order valence-electron chi connectivity index (χ1n) is 10.9. The van der Waals surface area contributed by atoms with Gasteiger partial charge in [-0.2, -0.15) is 10.6 Å². The second kappa shape index (κ2) is 9.12. The molecule has 1 fully saturated rings. The van der Waals surface area contributed by atoms with Crippen molar-refractivity contribution in [1.29, 1.82) is 0 Å². The van der Waals surface area contributed by atoms with E-state index in [-0.39, 0.29) is 0 Å². The van der Waals surface area contributed by atoms with Crippen LogP contribution < -0.4 is 10.4 Å². The summed E-state index contributed by atoms with van der Waals surface area (Å²) in [6.07, 6.45) is 1.95. The Kier molecular flexibility index (Phi) is 5.89. The van der Waals surface area contributed by atoms with Crippen molar-refractivity contribution in [3.8, 4) is 17.1 Å². The van der Waals surface area contributed by atoms with Gasteiger partial charge < -0.3 is 18.9 Å². The molecule has 0 bridgehead atoms. The van der Waals surface area contributed by atoms with Crippen molar-refractivity contribution in [1.82, 2.24) is 20.2 Å². The van der Waals surface area contributed by atoms with Gasteiger partial charge in [-0.15, -0.1) is 0 Å². The first kappa shape index (κ1) is 20.7. The lowest BCUT2D eigenvalue weighted by molar-refractivity contribution is 0.0428. The number of pyridine rings is 1. The van der Waals surface area contributed by atoms with E-state index in [0.717, 1.165) is 52.7 Å². The van der Waals surface area contributed by atoms with E-state index in [1.54, 1.807) is 0 Å². The van der Waals surface area contributed by atoms with E-state index in [1.165, 1.54) is 5.56 Å². The number of furan rings is 1. The summed E-state index contributed by atoms with van der Waals surface area (Å²) in [5.74, 6) is 1.52. The number of ether oxygens (including phenoxy) is 1. The summed E-state index contributed by atoms with van der Waals surface area (Å²) < 4.78 is 13.5. The number of benzene rings is 1. The molecular formula is C24H27N5O3. The molecule has 1 aromatic carbocycles. The van der Waals surface area contributed by atoms with Gasteiger partial charge in [-0.1, -0.05) is 23.8 Å². The van der Waals surface area contributed by atoms with Gasteiger partial charge in [-0.25, -0.2) is 9.67 Å². The number of morpholine rings is 1. The summed E-state index contributed by atoms with van der Waals surface area (Å²) >= 11 is 0. The van der Waals surface area contributed by atoms with Crippen molar-refractivity contribution in [2.75, 3.05) is 37.8 Å². The van der Waals surface area contributed by atoms with E-state index >= 15 is 0 Å². The largest absolute Gasteiger partial charge is 0.456 e. The predicted octanol–water partition coefficient (Wildman–Crippen LogP) is 3.87. The van der Waals surface area contributed by atoms with Crippen LogP contribution in [0, 0.1) is 6.92 Å². The van der Waals surface area contributed by atoms with Crippen molar-refractivity contribution in [3.05, 3.63) is 60.0 Å². The average molecular weight is 434 g/mol. The summed E-state index contributed by atoms with van der Waals surface area (Å²) in [4.78, 5) is 12.4. The summed E-state index contributed by atoms with van der Waals surface area (Å²) in [6.45, 7) is 8.08. The smallest absolute Gasteiger partial charge is 0.176 e. The van der Waals surface area contributed by atoms with Crippen molar-refractivity contribution in [2.45, 2.75) is 20.4 Å². The molecule has 1 N–H and O–H groups in total. The zero-order chi connectivity index (χ0) is 21.9. The van der Waals surface area contributed by atoms with Crippen molar-refractivity contribution in [2.24, 2.45) is 0 Å². The van der Waals surface area contributed by atoms with Crippen LogP contribution in [0.25, 0.3) is 28.2 Å². The molecule has 8 nitrogen and oxygen atoms in total. The van der Waals surface area contributed by atoms with Crippen LogP contribution in [0.15, 0.2) is 53.1 Å². The number of rotatable bonds is 7. The lowest BCUT2D eigenvalue weighted by Crippen LogP contribution is -2.36. The molecule has 3 aromatic heterocycles. The average Bonchev–Trinajstić information content (AvgIpc) is 3.46. The molecule has 32 heavy (non-hydrogen) atoms. The SMILES string of the molecule is CCONCc1cc2nc(-n3ccc(-c4cccc(C)c4)n3)cc(N3CCOCC3)c2o1. The number of hydrogen-bond acceptors (Lipinski definition) is 7. The van der Waals surface area contributed by atoms with E-state index in [1.807, 2.05) is 42.1 Å². The molecule has 0 radical (unpaired) electrons. The lowest BCUT2D eigenvalue weighted by Gasteiger charge is -2.29. The number of fused-ring (bicyclic) bond motifs is 1. The predicted molar refractivity (Wildman–Crippen MR) is 123 cm³/mol. The van der Waals surface area contributed by atoms with Gasteiger partial charge in [-0.05, 0) is 26.0 Å². The fourth-order valence-corrected chi connectivity index (χ4v) is 3.92. The molecule has 0 atom stereocenters. The maximum atomic E-state index is 6.16. The minimum Gasteiger partial charge on any atom is -0.456 e. The minimum absolute atomic E-state index is 0.474. The monoisotopic (exact) mass is 433 g/mol. The van der Waals surface area contributed by atoms with Gasteiger partial charge in [-0.3, -0.25) is 0 Å². The van der Waals surface area contributed by atoms with Gasteiger partial charge in [0.2, 0.25) is 0 Å². The molecule has 1 aliphatic heterocycles. The Labute approximate surface area is 186 Å². The summed E-state index contributed by atoms with van der Waals surface area (Å²) in [6, 6.07) is 14.4. The third kappa shape index (κ3) is 4.25. The molecule has 0 saturated carbocycles. The summed E-state index contributed by atoms with van der Waals surface area (Å²) in [5, 5.41) is 4.80. The molecular weight excluding hydrogens is 406 g/mol. The molecule has 5 rings (SSSR count). The second-order valence-corrected chi connectivity index (χ2v) is 7.80. The van der Waals surface area contributed by atoms with Crippen LogP contribution in [0.2, 0.25) is 0 Å². The molecule has 4 heterocycles. The fraction of sp³-hybridized carbons (Fsp3) is 0.333. The van der Waals surface area contributed by atoms with Crippen LogP contribution in [0.3, 0.4) is 0 Å². The molecule has 4 aromatic rings. The van der Waals surface area contributed by atoms with Crippen LogP contribution in [0.5, 0.6) is 0 Å². The Morgan fingerprint density at radius 1 is 1.12 bits per heavy atom. The van der Waals surface area contributed by atoms with E-state index in [9.17, 15) is 0 Å². The van der Waals surface area contributed by atoms with Gasteiger partial charge in [0.1, 0.15) is 11.3 Å². The molecule has 0 amide bonds. The molecule has 0 unspecified atom stereocenters. The lowest BCUT2D eigenvalue weighted by atomic mass is 10.1.